The quantitative estimate of drug-likeness (QED) is 0.834. The van der Waals surface area contributed by atoms with Crippen molar-refractivity contribution < 1.29 is 19.4 Å². The molecule has 0 amide bonds. The van der Waals surface area contributed by atoms with Gasteiger partial charge in [-0.05, 0) is 30.7 Å². The summed E-state index contributed by atoms with van der Waals surface area (Å²) in [6.45, 7) is 1.91. The number of nitrogens with one attached hydrogen (secondary N) is 1. The average Bonchev–Trinajstić information content (AvgIpc) is 2.59. The number of hydrogen-bond acceptors (Lipinski definition) is 5. The van der Waals surface area contributed by atoms with Gasteiger partial charge >= 0.3 is 5.97 Å². The Morgan fingerprint density at radius 1 is 1.40 bits per heavy atom. The van der Waals surface area contributed by atoms with E-state index in [0.29, 0.717) is 5.69 Å². The molecular formula is C19H19NO5. The number of para-hydroxylation sites is 1. The van der Waals surface area contributed by atoms with E-state index >= 15 is 0 Å². The Morgan fingerprint density at radius 3 is 2.88 bits per heavy atom. The second-order valence-electron chi connectivity index (χ2n) is 5.96. The molecule has 25 heavy (non-hydrogen) atoms. The van der Waals surface area contributed by atoms with Crippen LogP contribution in [-0.4, -0.2) is 29.8 Å². The first-order valence-corrected chi connectivity index (χ1v) is 7.91. The van der Waals surface area contributed by atoms with E-state index in [2.05, 4.69) is 4.98 Å². The van der Waals surface area contributed by atoms with Gasteiger partial charge in [-0.3, -0.25) is 9.59 Å². The molecule has 0 aliphatic carbocycles. The number of rotatable bonds is 4. The maximum absolute atomic E-state index is 12.4. The molecule has 1 aromatic heterocycles. The Kier molecular flexibility index (Phi) is 4.61. The van der Waals surface area contributed by atoms with Crippen molar-refractivity contribution in [2.75, 3.05) is 13.7 Å². The van der Waals surface area contributed by atoms with Crippen molar-refractivity contribution in [3.05, 3.63) is 63.1 Å². The van der Waals surface area contributed by atoms with E-state index < -0.39 is 17.4 Å². The number of carbonyl (C=O) groups excluding carboxylic acids is 1. The molecule has 0 spiro atoms. The molecule has 2 N–H and O–H groups in total. The molecular weight excluding hydrogens is 322 g/mol. The van der Waals surface area contributed by atoms with Gasteiger partial charge in [0.2, 0.25) is 0 Å². The summed E-state index contributed by atoms with van der Waals surface area (Å²) < 4.78 is 10.5. The molecule has 0 bridgehead atoms. The van der Waals surface area contributed by atoms with Gasteiger partial charge in [-0.25, -0.2) is 0 Å². The fourth-order valence-corrected chi connectivity index (χ4v) is 3.02. The fourth-order valence-electron chi connectivity index (χ4n) is 3.02. The smallest absolute Gasteiger partial charge is 0.306 e. The predicted molar refractivity (Wildman–Crippen MR) is 92.8 cm³/mol. The van der Waals surface area contributed by atoms with Crippen molar-refractivity contribution in [1.29, 1.82) is 0 Å². The highest BCUT2D eigenvalue weighted by molar-refractivity contribution is 5.73. The molecule has 1 unspecified atom stereocenters. The first-order valence-electron chi connectivity index (χ1n) is 7.91. The van der Waals surface area contributed by atoms with Gasteiger partial charge in [0.05, 0.1) is 19.1 Å². The molecule has 130 valence electrons. The van der Waals surface area contributed by atoms with Crippen molar-refractivity contribution in [1.82, 2.24) is 4.98 Å². The second-order valence-corrected chi connectivity index (χ2v) is 5.96. The summed E-state index contributed by atoms with van der Waals surface area (Å²) in [7, 11) is 1.29. The van der Waals surface area contributed by atoms with Crippen LogP contribution >= 0.6 is 0 Å². The topological polar surface area (TPSA) is 88.6 Å². The number of esters is 1. The summed E-state index contributed by atoms with van der Waals surface area (Å²) in [5, 5.41) is 10.3. The van der Waals surface area contributed by atoms with Crippen molar-refractivity contribution in [2.24, 2.45) is 0 Å². The van der Waals surface area contributed by atoms with Gasteiger partial charge < -0.3 is 19.6 Å². The number of fused-ring (bicyclic) bond motifs is 1. The van der Waals surface area contributed by atoms with Gasteiger partial charge in [-0.1, -0.05) is 18.2 Å². The molecule has 2 aromatic rings. The third-order valence-corrected chi connectivity index (χ3v) is 4.23. The lowest BCUT2D eigenvalue weighted by Gasteiger charge is -2.24. The van der Waals surface area contributed by atoms with Gasteiger partial charge in [0, 0.05) is 17.2 Å². The highest BCUT2D eigenvalue weighted by Gasteiger charge is 2.28. The summed E-state index contributed by atoms with van der Waals surface area (Å²) in [5.74, 6) is -0.505. The lowest BCUT2D eigenvalue weighted by Crippen LogP contribution is -2.24. The molecule has 6 heteroatoms. The lowest BCUT2D eigenvalue weighted by atomic mass is 9.86. The van der Waals surface area contributed by atoms with Gasteiger partial charge in [0.25, 0.3) is 5.56 Å². The zero-order chi connectivity index (χ0) is 18.0. The molecule has 1 aliphatic heterocycles. The SMILES string of the molecule is COC(=O)CC(C1=Cc2ccccc2OC1)c1c(O)cc(C)[nH]c1=O. The third-order valence-electron chi connectivity index (χ3n) is 4.23. The summed E-state index contributed by atoms with van der Waals surface area (Å²) >= 11 is 0. The molecule has 1 atom stereocenters. The van der Waals surface area contributed by atoms with E-state index in [1.54, 1.807) is 6.92 Å². The normalized spacial score (nSPS) is 14.1. The van der Waals surface area contributed by atoms with Crippen LogP contribution in [0.25, 0.3) is 6.08 Å². The first kappa shape index (κ1) is 16.8. The van der Waals surface area contributed by atoms with Crippen LogP contribution in [0.15, 0.2) is 40.7 Å². The number of pyridine rings is 1. The van der Waals surface area contributed by atoms with Crippen LogP contribution in [0.2, 0.25) is 0 Å². The zero-order valence-electron chi connectivity index (χ0n) is 14.0. The van der Waals surface area contributed by atoms with Gasteiger partial charge in [0.15, 0.2) is 0 Å². The minimum absolute atomic E-state index is 0.0619. The Bertz CT molecular complexity index is 897. The molecule has 0 saturated heterocycles. The Balaban J connectivity index is 2.10. The van der Waals surface area contributed by atoms with Crippen molar-refractivity contribution in [2.45, 2.75) is 19.3 Å². The van der Waals surface area contributed by atoms with Crippen LogP contribution in [-0.2, 0) is 9.53 Å². The largest absolute Gasteiger partial charge is 0.507 e. The minimum atomic E-state index is -0.634. The van der Waals surface area contributed by atoms with E-state index in [1.165, 1.54) is 13.2 Å². The maximum Gasteiger partial charge on any atom is 0.306 e. The van der Waals surface area contributed by atoms with E-state index in [-0.39, 0.29) is 24.3 Å². The minimum Gasteiger partial charge on any atom is -0.507 e. The molecule has 1 aromatic carbocycles. The summed E-state index contributed by atoms with van der Waals surface area (Å²) in [4.78, 5) is 27.0. The molecule has 0 fully saturated rings. The predicted octanol–water partition coefficient (Wildman–Crippen LogP) is 2.51. The first-order chi connectivity index (χ1) is 12.0. The maximum atomic E-state index is 12.4. The average molecular weight is 341 g/mol. The molecule has 0 radical (unpaired) electrons. The van der Waals surface area contributed by atoms with Crippen LogP contribution in [0.3, 0.4) is 0 Å². The number of aromatic hydroxyl groups is 1. The van der Waals surface area contributed by atoms with Crippen LogP contribution in [0, 0.1) is 6.92 Å². The molecule has 0 saturated carbocycles. The number of methoxy groups -OCH3 is 1. The van der Waals surface area contributed by atoms with Crippen LogP contribution < -0.4 is 10.3 Å². The Morgan fingerprint density at radius 2 is 2.16 bits per heavy atom. The van der Waals surface area contributed by atoms with Crippen LogP contribution in [0.5, 0.6) is 11.5 Å². The number of aromatic amines is 1. The summed E-state index contributed by atoms with van der Waals surface area (Å²) in [6, 6.07) is 8.98. The summed E-state index contributed by atoms with van der Waals surface area (Å²) in [6.07, 6.45) is 1.83. The molecule has 3 rings (SSSR count). The number of aromatic nitrogens is 1. The third kappa shape index (κ3) is 3.42. The van der Waals surface area contributed by atoms with Gasteiger partial charge in [-0.2, -0.15) is 0 Å². The molecule has 2 heterocycles. The number of benzene rings is 1. The fraction of sp³-hybridized carbons (Fsp3) is 0.263. The summed E-state index contributed by atoms with van der Waals surface area (Å²) in [5.41, 5.74) is 1.86. The Hall–Kier alpha value is -3.02. The number of carbonyl (C=O) groups is 1. The second kappa shape index (κ2) is 6.84. The van der Waals surface area contributed by atoms with E-state index in [4.69, 9.17) is 9.47 Å². The van der Waals surface area contributed by atoms with Gasteiger partial charge in [0.1, 0.15) is 18.1 Å². The van der Waals surface area contributed by atoms with Crippen LogP contribution in [0.1, 0.15) is 29.2 Å². The van der Waals surface area contributed by atoms with Crippen molar-refractivity contribution >= 4 is 12.0 Å². The highest BCUT2D eigenvalue weighted by Crippen LogP contribution is 2.37. The number of H-pyrrole nitrogens is 1. The molecule has 6 nitrogen and oxygen atoms in total. The van der Waals surface area contributed by atoms with E-state index in [1.807, 2.05) is 30.3 Å². The van der Waals surface area contributed by atoms with Gasteiger partial charge in [-0.15, -0.1) is 0 Å². The van der Waals surface area contributed by atoms with Crippen molar-refractivity contribution in [3.63, 3.8) is 0 Å². The van der Waals surface area contributed by atoms with Crippen molar-refractivity contribution in [3.8, 4) is 11.5 Å². The Labute approximate surface area is 144 Å². The van der Waals surface area contributed by atoms with E-state index in [0.717, 1.165) is 16.9 Å². The zero-order valence-corrected chi connectivity index (χ0v) is 14.0. The molecule has 1 aliphatic rings. The standard InChI is InChI=1S/C19H19NO5/c1-11-7-15(21)18(19(23)20-11)14(9-17(22)24-2)13-8-12-5-3-4-6-16(12)25-10-13/h3-8,14H,9-10H2,1-2H3,(H2,20,21,23). The van der Waals surface area contributed by atoms with E-state index in [9.17, 15) is 14.7 Å². The highest BCUT2D eigenvalue weighted by atomic mass is 16.5. The monoisotopic (exact) mass is 341 g/mol. The number of ether oxygens (including phenoxy) is 2. The van der Waals surface area contributed by atoms with Crippen LogP contribution in [0.4, 0.5) is 0 Å². The number of aryl methyl sites for hydroxylation is 1. The number of hydrogen-bond donors (Lipinski definition) is 2. The lowest BCUT2D eigenvalue weighted by molar-refractivity contribution is -0.140.